The maximum absolute atomic E-state index is 11.0. The van der Waals surface area contributed by atoms with Crippen molar-refractivity contribution in [3.8, 4) is 5.75 Å². The summed E-state index contributed by atoms with van der Waals surface area (Å²) in [4.78, 5) is 21.4. The maximum atomic E-state index is 11.0. The van der Waals surface area contributed by atoms with Crippen LogP contribution in [0.15, 0.2) is 18.2 Å². The Balaban J connectivity index is 2.48. The molecule has 1 amide bonds. The normalized spacial score (nSPS) is 13.5. The second-order valence-electron chi connectivity index (χ2n) is 4.96. The van der Waals surface area contributed by atoms with Crippen molar-refractivity contribution in [3.63, 3.8) is 0 Å². The Hall–Kier alpha value is -1.86. The van der Waals surface area contributed by atoms with Crippen LogP contribution in [0.25, 0.3) is 0 Å². The summed E-state index contributed by atoms with van der Waals surface area (Å²) in [5, 5.41) is 11.2. The number of rotatable bonds is 8. The van der Waals surface area contributed by atoms with E-state index < -0.39 is 16.4 Å². The molecule has 116 valence electrons. The van der Waals surface area contributed by atoms with Crippen LogP contribution in [-0.2, 0) is 4.79 Å². The smallest absolute Gasteiger partial charge is 0.311 e. The molecule has 1 unspecified atom stereocenters. The molecule has 0 saturated carbocycles. The zero-order valence-electron chi connectivity index (χ0n) is 11.7. The molecule has 0 aliphatic carbocycles. The van der Waals surface area contributed by atoms with E-state index in [-0.39, 0.29) is 18.0 Å². The number of nitrogens with two attached hydrogens (primary N) is 2. The molecule has 21 heavy (non-hydrogen) atoms. The first-order chi connectivity index (χ1) is 9.74. The average Bonchev–Trinajstić information content (AvgIpc) is 2.37. The van der Waals surface area contributed by atoms with Crippen molar-refractivity contribution < 1.29 is 14.5 Å². The number of primary amides is 1. The summed E-state index contributed by atoms with van der Waals surface area (Å²) in [5.41, 5.74) is 9.68. The molecule has 0 saturated heterocycles. The zero-order valence-corrected chi connectivity index (χ0v) is 12.4. The monoisotopic (exact) mass is 315 g/mol. The highest BCUT2D eigenvalue weighted by molar-refractivity contribution is 6.30. The van der Waals surface area contributed by atoms with Gasteiger partial charge in [0.2, 0.25) is 5.91 Å². The molecule has 0 aliphatic rings. The minimum absolute atomic E-state index is 0.123. The number of nitro groups is 1. The van der Waals surface area contributed by atoms with Gasteiger partial charge < -0.3 is 16.2 Å². The number of benzene rings is 1. The summed E-state index contributed by atoms with van der Waals surface area (Å²) in [5.74, 6) is -0.438. The number of hydrogen-bond donors (Lipinski definition) is 2. The molecule has 0 radical (unpaired) electrons. The van der Waals surface area contributed by atoms with Gasteiger partial charge in [0.05, 0.1) is 17.1 Å². The van der Waals surface area contributed by atoms with Gasteiger partial charge in [-0.05, 0) is 32.3 Å². The van der Waals surface area contributed by atoms with E-state index in [1.165, 1.54) is 18.2 Å². The van der Waals surface area contributed by atoms with E-state index in [1.54, 1.807) is 6.92 Å². The summed E-state index contributed by atoms with van der Waals surface area (Å²) in [6.45, 7) is 1.83. The Kier molecular flexibility index (Phi) is 5.92. The third-order valence-electron chi connectivity index (χ3n) is 3.03. The van der Waals surface area contributed by atoms with E-state index in [1.807, 2.05) is 0 Å². The van der Waals surface area contributed by atoms with Crippen LogP contribution in [0, 0.1) is 10.1 Å². The van der Waals surface area contributed by atoms with Crippen molar-refractivity contribution in [2.24, 2.45) is 11.5 Å². The minimum Gasteiger partial charge on any atom is -0.487 e. The van der Waals surface area contributed by atoms with E-state index in [0.717, 1.165) is 0 Å². The van der Waals surface area contributed by atoms with Crippen molar-refractivity contribution in [3.05, 3.63) is 33.3 Å². The number of amides is 1. The van der Waals surface area contributed by atoms with E-state index in [4.69, 9.17) is 27.8 Å². The third kappa shape index (κ3) is 5.20. The lowest BCUT2D eigenvalue weighted by molar-refractivity contribution is -0.385. The van der Waals surface area contributed by atoms with Crippen LogP contribution in [0.1, 0.15) is 26.2 Å². The Labute approximate surface area is 127 Å². The van der Waals surface area contributed by atoms with Gasteiger partial charge in [0.1, 0.15) is 0 Å². The minimum atomic E-state index is -1.05. The number of hydrogen-bond acceptors (Lipinski definition) is 5. The van der Waals surface area contributed by atoms with Gasteiger partial charge in [0.25, 0.3) is 0 Å². The summed E-state index contributed by atoms with van der Waals surface area (Å²) in [6, 6.07) is 4.12. The number of carbonyl (C=O) groups excluding carboxylic acids is 1. The highest BCUT2D eigenvalue weighted by Crippen LogP contribution is 2.30. The number of unbranched alkanes of at least 4 members (excludes halogenated alkanes) is 1. The zero-order chi connectivity index (χ0) is 16.0. The van der Waals surface area contributed by atoms with Gasteiger partial charge in [-0.3, -0.25) is 14.9 Å². The number of carbonyl (C=O) groups is 1. The first-order valence-electron chi connectivity index (χ1n) is 6.39. The molecule has 1 rings (SSSR count). The molecule has 0 spiro atoms. The fourth-order valence-electron chi connectivity index (χ4n) is 1.65. The molecule has 0 aromatic heterocycles. The topological polar surface area (TPSA) is 121 Å². The van der Waals surface area contributed by atoms with E-state index >= 15 is 0 Å². The van der Waals surface area contributed by atoms with E-state index in [0.29, 0.717) is 24.3 Å². The third-order valence-corrected chi connectivity index (χ3v) is 3.26. The first-order valence-corrected chi connectivity index (χ1v) is 6.77. The number of nitrogens with zero attached hydrogens (tertiary/aromatic N) is 1. The van der Waals surface area contributed by atoms with Crippen LogP contribution in [0.4, 0.5) is 5.69 Å². The van der Waals surface area contributed by atoms with Crippen molar-refractivity contribution in [1.29, 1.82) is 0 Å². The van der Waals surface area contributed by atoms with Crippen LogP contribution >= 0.6 is 11.6 Å². The van der Waals surface area contributed by atoms with Gasteiger partial charge in [-0.1, -0.05) is 11.6 Å². The highest BCUT2D eigenvalue weighted by atomic mass is 35.5. The number of nitro benzene ring substituents is 1. The Bertz CT molecular complexity index is 534. The summed E-state index contributed by atoms with van der Waals surface area (Å²) in [6.07, 6.45) is 1.62. The van der Waals surface area contributed by atoms with Gasteiger partial charge in [0.15, 0.2) is 5.75 Å². The summed E-state index contributed by atoms with van der Waals surface area (Å²) >= 11 is 5.79. The molecule has 1 atom stereocenters. The lowest BCUT2D eigenvalue weighted by Crippen LogP contribution is -2.49. The fourth-order valence-corrected chi connectivity index (χ4v) is 1.82. The van der Waals surface area contributed by atoms with Gasteiger partial charge >= 0.3 is 5.69 Å². The van der Waals surface area contributed by atoms with Gasteiger partial charge in [0, 0.05) is 17.2 Å². The SMILES string of the molecule is CC(N)(CCCCOc1cc(Cl)ccc1[N+](=O)[O-])C(N)=O. The molecule has 4 N–H and O–H groups in total. The Morgan fingerprint density at radius 3 is 2.71 bits per heavy atom. The Morgan fingerprint density at radius 1 is 1.48 bits per heavy atom. The van der Waals surface area contributed by atoms with Crippen LogP contribution in [0.3, 0.4) is 0 Å². The van der Waals surface area contributed by atoms with Gasteiger partial charge in [-0.15, -0.1) is 0 Å². The fraction of sp³-hybridized carbons (Fsp3) is 0.462. The highest BCUT2D eigenvalue weighted by Gasteiger charge is 2.24. The van der Waals surface area contributed by atoms with E-state index in [2.05, 4.69) is 0 Å². The molecule has 8 heteroatoms. The molecular weight excluding hydrogens is 298 g/mol. The molecule has 0 fully saturated rings. The van der Waals surface area contributed by atoms with Crippen LogP contribution in [0.5, 0.6) is 5.75 Å². The molecule has 7 nitrogen and oxygen atoms in total. The van der Waals surface area contributed by atoms with Crippen molar-refractivity contribution in [2.75, 3.05) is 6.61 Å². The molecule has 0 bridgehead atoms. The molecule has 1 aromatic carbocycles. The molecule has 1 aromatic rings. The van der Waals surface area contributed by atoms with Gasteiger partial charge in [-0.25, -0.2) is 0 Å². The maximum Gasteiger partial charge on any atom is 0.311 e. The van der Waals surface area contributed by atoms with Crippen molar-refractivity contribution in [1.82, 2.24) is 0 Å². The molecular formula is C13H18ClN3O4. The van der Waals surface area contributed by atoms with Crippen LogP contribution in [0.2, 0.25) is 5.02 Å². The average molecular weight is 316 g/mol. The van der Waals surface area contributed by atoms with Crippen molar-refractivity contribution in [2.45, 2.75) is 31.7 Å². The molecule has 0 aliphatic heterocycles. The predicted molar refractivity (Wildman–Crippen MR) is 79.2 cm³/mol. The predicted octanol–water partition coefficient (Wildman–Crippen LogP) is 2.00. The van der Waals surface area contributed by atoms with Crippen molar-refractivity contribution >= 4 is 23.2 Å². The summed E-state index contributed by atoms with van der Waals surface area (Å²) < 4.78 is 5.37. The second-order valence-corrected chi connectivity index (χ2v) is 5.39. The largest absolute Gasteiger partial charge is 0.487 e. The summed E-state index contributed by atoms with van der Waals surface area (Å²) in [7, 11) is 0. The Morgan fingerprint density at radius 2 is 2.14 bits per heavy atom. The first kappa shape index (κ1) is 17.2. The second kappa shape index (κ2) is 7.24. The quantitative estimate of drug-likeness (QED) is 0.431. The van der Waals surface area contributed by atoms with Gasteiger partial charge in [-0.2, -0.15) is 0 Å². The lowest BCUT2D eigenvalue weighted by Gasteiger charge is -2.19. The number of ether oxygens (including phenoxy) is 1. The van der Waals surface area contributed by atoms with Crippen LogP contribution in [-0.4, -0.2) is 23.0 Å². The molecule has 0 heterocycles. The van der Waals surface area contributed by atoms with E-state index in [9.17, 15) is 14.9 Å². The number of halogens is 1. The lowest BCUT2D eigenvalue weighted by atomic mass is 9.96. The standard InChI is InChI=1S/C13H18ClN3O4/c1-13(16,12(15)18)6-2-3-7-21-11-8-9(14)4-5-10(11)17(19)20/h4-5,8H,2-3,6-7,16H2,1H3,(H2,15,18). The van der Waals surface area contributed by atoms with Crippen LogP contribution < -0.4 is 16.2 Å².